The average molecular weight is 330 g/mol. The number of carbonyl (C=O) groups is 2. The Morgan fingerprint density at radius 3 is 2.54 bits per heavy atom. The molecule has 1 saturated carbocycles. The van der Waals surface area contributed by atoms with Gasteiger partial charge in [0, 0.05) is 18.4 Å². The zero-order chi connectivity index (χ0) is 17.0. The molecule has 3 rings (SSSR count). The highest BCUT2D eigenvalue weighted by Gasteiger charge is 2.35. The Morgan fingerprint density at radius 2 is 1.96 bits per heavy atom. The van der Waals surface area contributed by atoms with E-state index in [-0.39, 0.29) is 23.3 Å². The quantitative estimate of drug-likeness (QED) is 0.870. The number of nitrogens with one attached hydrogen (secondary N) is 2. The lowest BCUT2D eigenvalue weighted by Crippen LogP contribution is -2.48. The van der Waals surface area contributed by atoms with Crippen LogP contribution in [-0.4, -0.2) is 31.5 Å². The van der Waals surface area contributed by atoms with Crippen LogP contribution in [0.15, 0.2) is 24.3 Å². The van der Waals surface area contributed by atoms with Gasteiger partial charge in [0.05, 0.1) is 7.11 Å². The molecule has 1 heterocycles. The van der Waals surface area contributed by atoms with Gasteiger partial charge in [-0.05, 0) is 37.0 Å². The van der Waals surface area contributed by atoms with Crippen LogP contribution in [0.2, 0.25) is 0 Å². The second-order valence-corrected chi connectivity index (χ2v) is 6.95. The first-order chi connectivity index (χ1) is 11.6. The van der Waals surface area contributed by atoms with Crippen LogP contribution in [0.5, 0.6) is 5.75 Å². The lowest BCUT2D eigenvalue weighted by atomic mass is 9.69. The zero-order valence-corrected chi connectivity index (χ0v) is 14.3. The second-order valence-electron chi connectivity index (χ2n) is 6.95. The van der Waals surface area contributed by atoms with Gasteiger partial charge in [-0.15, -0.1) is 0 Å². The van der Waals surface area contributed by atoms with Crippen molar-refractivity contribution in [2.75, 3.05) is 13.7 Å². The van der Waals surface area contributed by atoms with E-state index in [9.17, 15) is 9.59 Å². The van der Waals surface area contributed by atoms with Crippen LogP contribution in [0.1, 0.15) is 50.5 Å². The van der Waals surface area contributed by atoms with E-state index in [0.717, 1.165) is 18.6 Å². The summed E-state index contributed by atoms with van der Waals surface area (Å²) in [5, 5.41) is 5.84. The van der Waals surface area contributed by atoms with Crippen molar-refractivity contribution in [3.63, 3.8) is 0 Å². The Labute approximate surface area is 143 Å². The lowest BCUT2D eigenvalue weighted by molar-refractivity contribution is -0.126. The van der Waals surface area contributed by atoms with Gasteiger partial charge in [0.2, 0.25) is 11.8 Å². The lowest BCUT2D eigenvalue weighted by Gasteiger charge is -2.38. The van der Waals surface area contributed by atoms with E-state index in [0.29, 0.717) is 19.4 Å². The molecule has 1 aliphatic carbocycles. The van der Waals surface area contributed by atoms with Crippen molar-refractivity contribution in [3.8, 4) is 5.75 Å². The maximum absolute atomic E-state index is 12.4. The van der Waals surface area contributed by atoms with E-state index in [1.165, 1.54) is 24.8 Å². The van der Waals surface area contributed by atoms with E-state index in [1.54, 1.807) is 7.11 Å². The summed E-state index contributed by atoms with van der Waals surface area (Å²) in [4.78, 5) is 23.7. The molecule has 2 fully saturated rings. The van der Waals surface area contributed by atoms with E-state index in [2.05, 4.69) is 22.8 Å². The molecule has 5 nitrogen and oxygen atoms in total. The molecule has 0 spiro atoms. The molecular formula is C19H26N2O3. The van der Waals surface area contributed by atoms with Crippen LogP contribution >= 0.6 is 0 Å². The van der Waals surface area contributed by atoms with Crippen molar-refractivity contribution >= 4 is 11.8 Å². The fourth-order valence-electron chi connectivity index (χ4n) is 3.93. The van der Waals surface area contributed by atoms with Gasteiger partial charge in [-0.25, -0.2) is 0 Å². The van der Waals surface area contributed by atoms with Crippen LogP contribution < -0.4 is 15.4 Å². The Bertz CT molecular complexity index is 591. The van der Waals surface area contributed by atoms with Crippen LogP contribution in [0.3, 0.4) is 0 Å². The van der Waals surface area contributed by atoms with Crippen molar-refractivity contribution in [1.82, 2.24) is 10.6 Å². The van der Waals surface area contributed by atoms with Gasteiger partial charge in [0.25, 0.3) is 0 Å². The molecule has 2 N–H and O–H groups in total. The molecule has 0 bridgehead atoms. The number of rotatable bonds is 5. The number of amides is 2. The fourth-order valence-corrected chi connectivity index (χ4v) is 3.93. The Hall–Kier alpha value is -2.04. The highest BCUT2D eigenvalue weighted by Crippen LogP contribution is 2.39. The van der Waals surface area contributed by atoms with Crippen LogP contribution in [0, 0.1) is 0 Å². The smallest absolute Gasteiger partial charge is 0.242 e. The van der Waals surface area contributed by atoms with Crippen molar-refractivity contribution in [3.05, 3.63) is 29.8 Å². The third-order valence-electron chi connectivity index (χ3n) is 5.43. The minimum absolute atomic E-state index is 0.0111. The molecule has 1 aromatic rings. The molecule has 1 aliphatic heterocycles. The molecule has 1 atom stereocenters. The first kappa shape index (κ1) is 16.8. The van der Waals surface area contributed by atoms with E-state index < -0.39 is 0 Å². The molecule has 1 saturated heterocycles. The normalized spacial score (nSPS) is 22.7. The Balaban J connectivity index is 1.71. The molecule has 0 unspecified atom stereocenters. The monoisotopic (exact) mass is 330 g/mol. The summed E-state index contributed by atoms with van der Waals surface area (Å²) in [5.74, 6) is 0.763. The summed E-state index contributed by atoms with van der Waals surface area (Å²) in [5.41, 5.74) is 1.25. The summed E-state index contributed by atoms with van der Waals surface area (Å²) in [6.45, 7) is 0.629. The molecule has 0 radical (unpaired) electrons. The largest absolute Gasteiger partial charge is 0.497 e. The summed E-state index contributed by atoms with van der Waals surface area (Å²) in [6, 6.07) is 7.85. The number of methoxy groups -OCH3 is 1. The van der Waals surface area contributed by atoms with E-state index in [1.807, 2.05) is 12.1 Å². The van der Waals surface area contributed by atoms with Crippen LogP contribution in [0.4, 0.5) is 0 Å². The molecule has 24 heavy (non-hydrogen) atoms. The summed E-state index contributed by atoms with van der Waals surface area (Å²) in [6.07, 6.45) is 6.82. The maximum atomic E-state index is 12.4. The standard InChI is InChI=1S/C19H26N2O3/c1-24-15-7-5-14(6-8-15)19(11-3-2-4-12-19)13-20-18(23)16-9-10-17(22)21-16/h5-8,16H,2-4,9-13H2,1H3,(H,20,23)(H,21,22)/t16-/m1/s1. The van der Waals surface area contributed by atoms with Crippen molar-refractivity contribution in [2.24, 2.45) is 0 Å². The molecular weight excluding hydrogens is 304 g/mol. The molecule has 0 aromatic heterocycles. The number of hydrogen-bond donors (Lipinski definition) is 2. The van der Waals surface area contributed by atoms with Gasteiger partial charge < -0.3 is 15.4 Å². The Kier molecular flexibility index (Phi) is 5.07. The second kappa shape index (κ2) is 7.24. The number of carbonyl (C=O) groups excluding carboxylic acids is 2. The van der Waals surface area contributed by atoms with Crippen molar-refractivity contribution < 1.29 is 14.3 Å². The molecule has 5 heteroatoms. The summed E-state index contributed by atoms with van der Waals surface area (Å²) < 4.78 is 5.26. The number of hydrogen-bond acceptors (Lipinski definition) is 3. The van der Waals surface area contributed by atoms with Crippen LogP contribution in [0.25, 0.3) is 0 Å². The molecule has 1 aromatic carbocycles. The fraction of sp³-hybridized carbons (Fsp3) is 0.579. The van der Waals surface area contributed by atoms with Crippen molar-refractivity contribution in [1.29, 1.82) is 0 Å². The zero-order valence-electron chi connectivity index (χ0n) is 14.3. The minimum atomic E-state index is -0.367. The first-order valence-corrected chi connectivity index (χ1v) is 8.85. The Morgan fingerprint density at radius 1 is 1.25 bits per heavy atom. The minimum Gasteiger partial charge on any atom is -0.497 e. The van der Waals surface area contributed by atoms with Gasteiger partial charge in [-0.3, -0.25) is 9.59 Å². The average Bonchev–Trinajstić information content (AvgIpc) is 3.07. The number of benzene rings is 1. The highest BCUT2D eigenvalue weighted by molar-refractivity contribution is 5.90. The molecule has 130 valence electrons. The predicted molar refractivity (Wildman–Crippen MR) is 91.9 cm³/mol. The third-order valence-corrected chi connectivity index (χ3v) is 5.43. The summed E-state index contributed by atoms with van der Waals surface area (Å²) >= 11 is 0. The topological polar surface area (TPSA) is 67.4 Å². The van der Waals surface area contributed by atoms with Crippen LogP contribution in [-0.2, 0) is 15.0 Å². The third kappa shape index (κ3) is 3.55. The van der Waals surface area contributed by atoms with E-state index in [4.69, 9.17) is 4.74 Å². The van der Waals surface area contributed by atoms with Gasteiger partial charge in [-0.2, -0.15) is 0 Å². The van der Waals surface area contributed by atoms with Gasteiger partial charge in [0.15, 0.2) is 0 Å². The number of ether oxygens (including phenoxy) is 1. The first-order valence-electron chi connectivity index (χ1n) is 8.85. The van der Waals surface area contributed by atoms with Gasteiger partial charge >= 0.3 is 0 Å². The molecule has 2 amide bonds. The van der Waals surface area contributed by atoms with Gasteiger partial charge in [0.1, 0.15) is 11.8 Å². The maximum Gasteiger partial charge on any atom is 0.242 e. The SMILES string of the molecule is COc1ccc(C2(CNC(=O)[C@H]3CCC(=O)N3)CCCCC2)cc1. The van der Waals surface area contributed by atoms with Gasteiger partial charge in [-0.1, -0.05) is 31.4 Å². The van der Waals surface area contributed by atoms with E-state index >= 15 is 0 Å². The predicted octanol–water partition coefficient (Wildman–Crippen LogP) is 2.29. The molecule has 2 aliphatic rings. The summed E-state index contributed by atoms with van der Waals surface area (Å²) in [7, 11) is 1.67. The highest BCUT2D eigenvalue weighted by atomic mass is 16.5. The van der Waals surface area contributed by atoms with Crippen molar-refractivity contribution in [2.45, 2.75) is 56.4 Å².